The van der Waals surface area contributed by atoms with E-state index >= 15 is 0 Å². The average molecular weight is 357 g/mol. The Morgan fingerprint density at radius 3 is 2.35 bits per heavy atom. The normalized spacial score (nSPS) is 17.7. The molecule has 1 heterocycles. The lowest BCUT2D eigenvalue weighted by Crippen LogP contribution is -2.49. The van der Waals surface area contributed by atoms with Crippen LogP contribution in [0, 0.1) is 19.8 Å². The quantitative estimate of drug-likeness (QED) is 0.839. The highest BCUT2D eigenvalue weighted by Crippen LogP contribution is 2.29. The maximum atomic E-state index is 12.3. The minimum Gasteiger partial charge on any atom is -0.353 e. The van der Waals surface area contributed by atoms with E-state index in [-0.39, 0.29) is 36.2 Å². The van der Waals surface area contributed by atoms with Gasteiger partial charge in [-0.25, -0.2) is 0 Å². The molecule has 0 radical (unpaired) electrons. The molecular weight excluding hydrogens is 330 g/mol. The van der Waals surface area contributed by atoms with E-state index in [1.165, 1.54) is 0 Å². The van der Waals surface area contributed by atoms with Crippen molar-refractivity contribution in [3.05, 3.63) is 34.9 Å². The van der Waals surface area contributed by atoms with Crippen molar-refractivity contribution < 1.29 is 14.4 Å². The lowest BCUT2D eigenvalue weighted by molar-refractivity contribution is -0.131. The Bertz CT molecular complexity index is 704. The minimum atomic E-state index is -0.229. The van der Waals surface area contributed by atoms with Gasteiger partial charge in [-0.1, -0.05) is 6.07 Å². The van der Waals surface area contributed by atoms with Gasteiger partial charge in [-0.3, -0.25) is 14.4 Å². The number of rotatable bonds is 5. The summed E-state index contributed by atoms with van der Waals surface area (Å²) in [5.74, 6) is 0.0768. The number of piperidine rings is 1. The van der Waals surface area contributed by atoms with Crippen molar-refractivity contribution in [1.82, 2.24) is 15.5 Å². The highest BCUT2D eigenvalue weighted by Gasteiger charge is 2.32. The molecular formula is C20H27N3O3. The topological polar surface area (TPSA) is 78.5 Å². The molecule has 0 bridgehead atoms. The molecule has 1 aliphatic heterocycles. The van der Waals surface area contributed by atoms with Crippen LogP contribution in [0.15, 0.2) is 18.2 Å². The van der Waals surface area contributed by atoms with E-state index in [2.05, 4.69) is 10.6 Å². The number of benzene rings is 1. The Morgan fingerprint density at radius 2 is 1.73 bits per heavy atom. The van der Waals surface area contributed by atoms with Crippen LogP contribution >= 0.6 is 0 Å². The number of likely N-dealkylation sites (tertiary alicyclic amines) is 1. The van der Waals surface area contributed by atoms with Gasteiger partial charge in [-0.2, -0.15) is 0 Å². The summed E-state index contributed by atoms with van der Waals surface area (Å²) in [5, 5.41) is 5.78. The molecule has 2 fully saturated rings. The highest BCUT2D eigenvalue weighted by molar-refractivity contribution is 5.96. The van der Waals surface area contributed by atoms with E-state index in [0.29, 0.717) is 18.7 Å². The Hall–Kier alpha value is -2.37. The van der Waals surface area contributed by atoms with Crippen molar-refractivity contribution >= 4 is 17.7 Å². The lowest BCUT2D eigenvalue weighted by Gasteiger charge is -2.32. The minimum absolute atomic E-state index is 0.00482. The van der Waals surface area contributed by atoms with E-state index in [0.717, 1.165) is 36.8 Å². The number of aryl methyl sites for hydroxylation is 2. The van der Waals surface area contributed by atoms with Crippen molar-refractivity contribution in [2.75, 3.05) is 19.6 Å². The molecule has 3 rings (SSSR count). The Morgan fingerprint density at radius 1 is 1.04 bits per heavy atom. The van der Waals surface area contributed by atoms with Gasteiger partial charge in [0.2, 0.25) is 11.8 Å². The van der Waals surface area contributed by atoms with Crippen LogP contribution in [0.1, 0.15) is 47.2 Å². The van der Waals surface area contributed by atoms with Gasteiger partial charge in [-0.05, 0) is 62.8 Å². The summed E-state index contributed by atoms with van der Waals surface area (Å²) in [6.45, 7) is 5.20. The van der Waals surface area contributed by atoms with Crippen molar-refractivity contribution in [1.29, 1.82) is 0 Å². The number of nitrogens with zero attached hydrogens (tertiary/aromatic N) is 1. The third-order valence-corrected chi connectivity index (χ3v) is 5.31. The number of hydrogen-bond donors (Lipinski definition) is 2. The van der Waals surface area contributed by atoms with Gasteiger partial charge < -0.3 is 15.5 Å². The van der Waals surface area contributed by atoms with Crippen molar-refractivity contribution in [2.45, 2.75) is 45.6 Å². The Kier molecular flexibility index (Phi) is 5.59. The van der Waals surface area contributed by atoms with Crippen LogP contribution in [-0.2, 0) is 9.59 Å². The third kappa shape index (κ3) is 4.62. The molecule has 140 valence electrons. The number of hydrogen-bond acceptors (Lipinski definition) is 3. The van der Waals surface area contributed by atoms with E-state index < -0.39 is 0 Å². The SMILES string of the molecule is Cc1ccc(C(=O)NCC(=O)N2CCC(NC(=O)C3CC3)CC2)cc1C. The molecule has 1 aromatic rings. The fourth-order valence-corrected chi connectivity index (χ4v) is 3.19. The van der Waals surface area contributed by atoms with Gasteiger partial charge in [0.05, 0.1) is 6.54 Å². The van der Waals surface area contributed by atoms with E-state index in [1.807, 2.05) is 26.0 Å². The van der Waals surface area contributed by atoms with Crippen LogP contribution in [-0.4, -0.2) is 48.3 Å². The number of amides is 3. The van der Waals surface area contributed by atoms with Crippen molar-refractivity contribution in [3.63, 3.8) is 0 Å². The molecule has 26 heavy (non-hydrogen) atoms. The first-order chi connectivity index (χ1) is 12.4. The fraction of sp³-hybridized carbons (Fsp3) is 0.550. The van der Waals surface area contributed by atoms with Gasteiger partial charge in [0, 0.05) is 30.6 Å². The predicted octanol–water partition coefficient (Wildman–Crippen LogP) is 1.55. The number of carbonyl (C=O) groups excluding carboxylic acids is 3. The first-order valence-corrected chi connectivity index (χ1v) is 9.37. The molecule has 1 saturated heterocycles. The monoisotopic (exact) mass is 357 g/mol. The zero-order valence-electron chi connectivity index (χ0n) is 15.5. The second-order valence-corrected chi connectivity index (χ2v) is 7.42. The largest absolute Gasteiger partial charge is 0.353 e. The summed E-state index contributed by atoms with van der Waals surface area (Å²) < 4.78 is 0. The third-order valence-electron chi connectivity index (χ3n) is 5.31. The maximum absolute atomic E-state index is 12.3. The standard InChI is InChI=1S/C20H27N3O3/c1-13-3-4-16(11-14(13)2)19(25)21-12-18(24)23-9-7-17(8-10-23)22-20(26)15-5-6-15/h3-4,11,15,17H,5-10,12H2,1-2H3,(H,21,25)(H,22,26). The zero-order valence-corrected chi connectivity index (χ0v) is 15.5. The smallest absolute Gasteiger partial charge is 0.251 e. The van der Waals surface area contributed by atoms with Gasteiger partial charge in [0.15, 0.2) is 0 Å². The lowest BCUT2D eigenvalue weighted by atomic mass is 10.0. The summed E-state index contributed by atoms with van der Waals surface area (Å²) in [4.78, 5) is 38.1. The van der Waals surface area contributed by atoms with Crippen LogP contribution < -0.4 is 10.6 Å². The summed E-state index contributed by atoms with van der Waals surface area (Å²) in [5.41, 5.74) is 2.76. The molecule has 3 amide bonds. The van der Waals surface area contributed by atoms with Crippen LogP contribution in [0.4, 0.5) is 0 Å². The predicted molar refractivity (Wildman–Crippen MR) is 98.7 cm³/mol. The van der Waals surface area contributed by atoms with Gasteiger partial charge >= 0.3 is 0 Å². The highest BCUT2D eigenvalue weighted by atomic mass is 16.2. The molecule has 0 spiro atoms. The molecule has 2 aliphatic rings. The van der Waals surface area contributed by atoms with Crippen LogP contribution in [0.25, 0.3) is 0 Å². The molecule has 0 atom stereocenters. The Balaban J connectivity index is 1.41. The first kappa shape index (κ1) is 18.4. The van der Waals surface area contributed by atoms with Crippen LogP contribution in [0.3, 0.4) is 0 Å². The van der Waals surface area contributed by atoms with E-state index in [9.17, 15) is 14.4 Å². The van der Waals surface area contributed by atoms with Crippen molar-refractivity contribution in [2.24, 2.45) is 5.92 Å². The molecule has 0 aromatic heterocycles. The van der Waals surface area contributed by atoms with Crippen LogP contribution in [0.5, 0.6) is 0 Å². The molecule has 6 nitrogen and oxygen atoms in total. The molecule has 0 unspecified atom stereocenters. The summed E-state index contributed by atoms with van der Waals surface area (Å²) in [7, 11) is 0. The Labute approximate surface area is 154 Å². The number of nitrogens with one attached hydrogen (secondary N) is 2. The van der Waals surface area contributed by atoms with Crippen LogP contribution in [0.2, 0.25) is 0 Å². The summed E-state index contributed by atoms with van der Waals surface area (Å²) in [6, 6.07) is 5.68. The zero-order chi connectivity index (χ0) is 18.7. The fourth-order valence-electron chi connectivity index (χ4n) is 3.19. The molecule has 1 aliphatic carbocycles. The molecule has 1 aromatic carbocycles. The second kappa shape index (κ2) is 7.89. The summed E-state index contributed by atoms with van der Waals surface area (Å²) >= 11 is 0. The second-order valence-electron chi connectivity index (χ2n) is 7.42. The maximum Gasteiger partial charge on any atom is 0.251 e. The first-order valence-electron chi connectivity index (χ1n) is 9.37. The van der Waals surface area contributed by atoms with E-state index in [4.69, 9.17) is 0 Å². The molecule has 6 heteroatoms. The molecule has 1 saturated carbocycles. The van der Waals surface area contributed by atoms with Gasteiger partial charge in [-0.15, -0.1) is 0 Å². The van der Waals surface area contributed by atoms with Gasteiger partial charge in [0.1, 0.15) is 0 Å². The summed E-state index contributed by atoms with van der Waals surface area (Å²) in [6.07, 6.45) is 3.55. The van der Waals surface area contributed by atoms with Gasteiger partial charge in [0.25, 0.3) is 5.91 Å². The van der Waals surface area contributed by atoms with Crippen molar-refractivity contribution in [3.8, 4) is 0 Å². The van der Waals surface area contributed by atoms with E-state index in [1.54, 1.807) is 11.0 Å². The molecule has 2 N–H and O–H groups in total. The average Bonchev–Trinajstić information content (AvgIpc) is 3.47. The number of carbonyl (C=O) groups is 3.